The SMILES string of the molecule is NCCCCCCN(c1ncnc2ccc([N+](=O)[O-])cc12)c1ncnc2ccc([N+](=O)[O-])cc12. The van der Waals surface area contributed by atoms with Gasteiger partial charge in [0.1, 0.15) is 24.3 Å². The molecular formula is C22H22N8O4. The molecule has 0 saturated carbocycles. The largest absolute Gasteiger partial charge is 0.330 e. The average molecular weight is 462 g/mol. The van der Waals surface area contributed by atoms with Crippen LogP contribution in [0.15, 0.2) is 49.1 Å². The number of nitro benzene ring substituents is 2. The molecule has 2 heterocycles. The molecule has 0 radical (unpaired) electrons. The quantitative estimate of drug-likeness (QED) is 0.206. The lowest BCUT2D eigenvalue weighted by atomic mass is 10.1. The zero-order valence-corrected chi connectivity index (χ0v) is 18.2. The van der Waals surface area contributed by atoms with Gasteiger partial charge in [-0.1, -0.05) is 12.8 Å². The molecule has 12 heteroatoms. The van der Waals surface area contributed by atoms with Gasteiger partial charge in [0, 0.05) is 30.8 Å². The maximum atomic E-state index is 11.4. The molecule has 2 aromatic carbocycles. The number of non-ortho nitro benzene ring substituents is 2. The molecule has 4 aromatic rings. The number of anilines is 2. The first-order valence-electron chi connectivity index (χ1n) is 10.8. The van der Waals surface area contributed by atoms with Crippen LogP contribution in [0.2, 0.25) is 0 Å². The van der Waals surface area contributed by atoms with Crippen LogP contribution in [0.5, 0.6) is 0 Å². The third-order valence-corrected chi connectivity index (χ3v) is 5.46. The van der Waals surface area contributed by atoms with Crippen molar-refractivity contribution in [3.05, 3.63) is 69.3 Å². The van der Waals surface area contributed by atoms with Crippen molar-refractivity contribution in [3.8, 4) is 0 Å². The summed E-state index contributed by atoms with van der Waals surface area (Å²) < 4.78 is 0. The molecule has 0 aliphatic heterocycles. The van der Waals surface area contributed by atoms with E-state index in [-0.39, 0.29) is 11.4 Å². The lowest BCUT2D eigenvalue weighted by molar-refractivity contribution is -0.384. The van der Waals surface area contributed by atoms with Crippen LogP contribution >= 0.6 is 0 Å². The minimum Gasteiger partial charge on any atom is -0.330 e. The number of hydrogen-bond donors (Lipinski definition) is 1. The van der Waals surface area contributed by atoms with Gasteiger partial charge in [-0.3, -0.25) is 20.2 Å². The summed E-state index contributed by atoms with van der Waals surface area (Å²) in [5.74, 6) is 0.859. The predicted octanol–water partition coefficient (Wildman–Crippen LogP) is 4.05. The van der Waals surface area contributed by atoms with Crippen LogP contribution in [0.25, 0.3) is 21.8 Å². The molecule has 34 heavy (non-hydrogen) atoms. The molecule has 0 aliphatic rings. The van der Waals surface area contributed by atoms with Gasteiger partial charge in [-0.15, -0.1) is 0 Å². The molecule has 2 aromatic heterocycles. The van der Waals surface area contributed by atoms with Crippen LogP contribution < -0.4 is 10.6 Å². The van der Waals surface area contributed by atoms with Crippen molar-refractivity contribution in [2.45, 2.75) is 25.7 Å². The Labute approximate surface area is 193 Å². The summed E-state index contributed by atoms with van der Waals surface area (Å²) in [6.45, 7) is 1.10. The van der Waals surface area contributed by atoms with Gasteiger partial charge >= 0.3 is 0 Å². The van der Waals surface area contributed by atoms with Crippen LogP contribution in [0.3, 0.4) is 0 Å². The van der Waals surface area contributed by atoms with Gasteiger partial charge in [-0.25, -0.2) is 19.9 Å². The zero-order valence-electron chi connectivity index (χ0n) is 18.2. The van der Waals surface area contributed by atoms with E-state index in [0.29, 0.717) is 46.5 Å². The number of nitrogens with zero attached hydrogens (tertiary/aromatic N) is 7. The van der Waals surface area contributed by atoms with E-state index in [1.165, 1.54) is 36.9 Å². The minimum atomic E-state index is -0.475. The topological polar surface area (TPSA) is 167 Å². The molecule has 0 unspecified atom stereocenters. The number of unbranched alkanes of at least 4 members (excludes halogenated alkanes) is 3. The van der Waals surface area contributed by atoms with E-state index >= 15 is 0 Å². The van der Waals surface area contributed by atoms with E-state index < -0.39 is 9.85 Å². The summed E-state index contributed by atoms with van der Waals surface area (Å²) in [6, 6.07) is 8.78. The Bertz CT molecular complexity index is 1270. The number of hydrogen-bond acceptors (Lipinski definition) is 10. The molecule has 0 fully saturated rings. The fourth-order valence-corrected chi connectivity index (χ4v) is 3.80. The first-order chi connectivity index (χ1) is 16.5. The number of nitrogens with two attached hydrogens (primary N) is 1. The smallest absolute Gasteiger partial charge is 0.270 e. The van der Waals surface area contributed by atoms with E-state index in [1.54, 1.807) is 12.1 Å². The molecule has 174 valence electrons. The number of rotatable bonds is 10. The van der Waals surface area contributed by atoms with E-state index in [4.69, 9.17) is 5.73 Å². The van der Waals surface area contributed by atoms with Gasteiger partial charge in [0.15, 0.2) is 0 Å². The second kappa shape index (κ2) is 10.1. The van der Waals surface area contributed by atoms with Crippen molar-refractivity contribution in [2.24, 2.45) is 5.73 Å². The number of benzene rings is 2. The maximum absolute atomic E-state index is 11.4. The molecule has 0 saturated heterocycles. The van der Waals surface area contributed by atoms with Crippen LogP contribution in [-0.2, 0) is 0 Å². The highest BCUT2D eigenvalue weighted by Crippen LogP contribution is 2.35. The molecule has 0 amide bonds. The van der Waals surface area contributed by atoms with Crippen molar-refractivity contribution in [3.63, 3.8) is 0 Å². The average Bonchev–Trinajstić information content (AvgIpc) is 2.85. The molecule has 2 N–H and O–H groups in total. The van der Waals surface area contributed by atoms with Gasteiger partial charge in [-0.2, -0.15) is 0 Å². The zero-order chi connectivity index (χ0) is 24.1. The van der Waals surface area contributed by atoms with E-state index in [2.05, 4.69) is 19.9 Å². The standard InChI is InChI=1S/C22H22N8O4/c23-9-3-1-2-4-10-28(21-17-11-15(29(31)32)5-7-19(17)24-13-26-21)22-18-12-16(30(33)34)6-8-20(18)25-14-27-22/h5-8,11-14H,1-4,9-10,23H2. The second-order valence-electron chi connectivity index (χ2n) is 7.67. The number of nitro groups is 2. The van der Waals surface area contributed by atoms with Crippen LogP contribution in [-0.4, -0.2) is 42.9 Å². The van der Waals surface area contributed by atoms with Gasteiger partial charge in [-0.05, 0) is 31.5 Å². The van der Waals surface area contributed by atoms with Crippen molar-refractivity contribution in [2.75, 3.05) is 18.0 Å². The van der Waals surface area contributed by atoms with E-state index in [9.17, 15) is 20.2 Å². The minimum absolute atomic E-state index is 0.0883. The van der Waals surface area contributed by atoms with Crippen molar-refractivity contribution < 1.29 is 9.85 Å². The normalized spacial score (nSPS) is 11.1. The van der Waals surface area contributed by atoms with Crippen molar-refractivity contribution in [1.82, 2.24) is 19.9 Å². The molecule has 4 rings (SSSR count). The molecule has 0 spiro atoms. The Hall–Kier alpha value is -4.32. The summed E-state index contributed by atoms with van der Waals surface area (Å²) in [4.78, 5) is 41.0. The summed E-state index contributed by atoms with van der Waals surface area (Å²) in [7, 11) is 0. The Morgan fingerprint density at radius 1 is 0.735 bits per heavy atom. The summed E-state index contributed by atoms with van der Waals surface area (Å²) in [6.07, 6.45) is 6.30. The lowest BCUT2D eigenvalue weighted by Crippen LogP contribution is -2.22. The van der Waals surface area contributed by atoms with Crippen LogP contribution in [0, 0.1) is 20.2 Å². The van der Waals surface area contributed by atoms with Gasteiger partial charge in [0.25, 0.3) is 11.4 Å². The molecule has 0 atom stereocenters. The van der Waals surface area contributed by atoms with Gasteiger partial charge in [0.2, 0.25) is 0 Å². The summed E-state index contributed by atoms with van der Waals surface area (Å²) in [5, 5.41) is 23.8. The van der Waals surface area contributed by atoms with Crippen LogP contribution in [0.1, 0.15) is 25.7 Å². The molecule has 0 aliphatic carbocycles. The third kappa shape index (κ3) is 4.71. The van der Waals surface area contributed by atoms with Crippen molar-refractivity contribution in [1.29, 1.82) is 0 Å². The van der Waals surface area contributed by atoms with Gasteiger partial charge in [0.05, 0.1) is 31.7 Å². The highest BCUT2D eigenvalue weighted by molar-refractivity contribution is 5.98. The van der Waals surface area contributed by atoms with Gasteiger partial charge < -0.3 is 10.6 Å². The van der Waals surface area contributed by atoms with Crippen LogP contribution in [0.4, 0.5) is 23.0 Å². The predicted molar refractivity (Wildman–Crippen MR) is 127 cm³/mol. The third-order valence-electron chi connectivity index (χ3n) is 5.46. The Morgan fingerprint density at radius 3 is 1.71 bits per heavy atom. The number of aromatic nitrogens is 4. The first kappa shape index (κ1) is 22.9. The summed E-state index contributed by atoms with van der Waals surface area (Å²) >= 11 is 0. The first-order valence-corrected chi connectivity index (χ1v) is 10.8. The monoisotopic (exact) mass is 462 g/mol. The Balaban J connectivity index is 1.87. The highest BCUT2D eigenvalue weighted by atomic mass is 16.6. The Kier molecular flexibility index (Phi) is 6.78. The number of fused-ring (bicyclic) bond motifs is 2. The van der Waals surface area contributed by atoms with E-state index in [0.717, 1.165) is 25.7 Å². The maximum Gasteiger partial charge on any atom is 0.270 e. The fraction of sp³-hybridized carbons (Fsp3) is 0.273. The molecule has 0 bridgehead atoms. The molecular weight excluding hydrogens is 440 g/mol. The fourth-order valence-electron chi connectivity index (χ4n) is 3.80. The Morgan fingerprint density at radius 2 is 1.24 bits per heavy atom. The highest BCUT2D eigenvalue weighted by Gasteiger charge is 2.21. The second-order valence-corrected chi connectivity index (χ2v) is 7.67. The molecule has 12 nitrogen and oxygen atoms in total. The lowest BCUT2D eigenvalue weighted by Gasteiger charge is -2.25. The van der Waals surface area contributed by atoms with E-state index in [1.807, 2.05) is 4.90 Å². The van der Waals surface area contributed by atoms with Crippen molar-refractivity contribution >= 4 is 44.8 Å². The summed E-state index contributed by atoms with van der Waals surface area (Å²) in [5.41, 5.74) is 6.49.